The highest BCUT2D eigenvalue weighted by Gasteiger charge is 2.29. The number of ether oxygens (including phenoxy) is 2. The lowest BCUT2D eigenvalue weighted by molar-refractivity contribution is -0.111. The Bertz CT molecular complexity index is 500. The van der Waals surface area contributed by atoms with Crippen LogP contribution in [0.4, 0.5) is 0 Å². The van der Waals surface area contributed by atoms with Crippen LogP contribution in [0.5, 0.6) is 5.75 Å². The molecule has 0 unspecified atom stereocenters. The van der Waals surface area contributed by atoms with Crippen LogP contribution in [-0.4, -0.2) is 25.8 Å². The molecule has 0 heterocycles. The second kappa shape index (κ2) is 3.81. The van der Waals surface area contributed by atoms with Crippen LogP contribution in [0.15, 0.2) is 24.3 Å². The Morgan fingerprint density at radius 3 is 2.44 bits per heavy atom. The van der Waals surface area contributed by atoms with Crippen LogP contribution in [0.25, 0.3) is 5.76 Å². The third-order valence-electron chi connectivity index (χ3n) is 2.44. The van der Waals surface area contributed by atoms with E-state index < -0.39 is 11.6 Å². The van der Waals surface area contributed by atoms with Gasteiger partial charge in [0.15, 0.2) is 0 Å². The zero-order valence-corrected chi connectivity index (χ0v) is 8.94. The van der Waals surface area contributed by atoms with Crippen molar-refractivity contribution in [1.29, 1.82) is 0 Å². The van der Waals surface area contributed by atoms with E-state index in [1.165, 1.54) is 20.3 Å². The molecule has 0 amide bonds. The van der Waals surface area contributed by atoms with E-state index in [9.17, 15) is 9.59 Å². The summed E-state index contributed by atoms with van der Waals surface area (Å²) in [6.45, 7) is 0. The molecule has 2 rings (SSSR count). The van der Waals surface area contributed by atoms with Crippen molar-refractivity contribution in [3.8, 4) is 5.75 Å². The summed E-state index contributed by atoms with van der Waals surface area (Å²) in [5, 5.41) is 0. The summed E-state index contributed by atoms with van der Waals surface area (Å²) >= 11 is 0. The first-order chi connectivity index (χ1) is 7.69. The fourth-order valence-corrected chi connectivity index (χ4v) is 1.70. The summed E-state index contributed by atoms with van der Waals surface area (Å²) in [6, 6.07) is 5.10. The van der Waals surface area contributed by atoms with E-state index in [0.29, 0.717) is 17.1 Å². The predicted molar refractivity (Wildman–Crippen MR) is 57.3 cm³/mol. The van der Waals surface area contributed by atoms with Crippen LogP contribution in [0.1, 0.15) is 15.9 Å². The van der Waals surface area contributed by atoms with E-state index >= 15 is 0 Å². The zero-order valence-electron chi connectivity index (χ0n) is 8.94. The van der Waals surface area contributed by atoms with Crippen LogP contribution in [0.2, 0.25) is 0 Å². The Labute approximate surface area is 92.5 Å². The number of carbonyl (C=O) groups excluding carboxylic acids is 2. The molecular weight excluding hydrogens is 208 g/mol. The molecule has 0 atom stereocenters. The topological polar surface area (TPSA) is 52.6 Å². The van der Waals surface area contributed by atoms with Crippen molar-refractivity contribution in [3.05, 3.63) is 35.4 Å². The van der Waals surface area contributed by atoms with Gasteiger partial charge in [-0.3, -0.25) is 9.59 Å². The average Bonchev–Trinajstić information content (AvgIpc) is 2.32. The van der Waals surface area contributed by atoms with Gasteiger partial charge < -0.3 is 9.47 Å². The Hall–Kier alpha value is -2.10. The SMILES string of the molecule is COC1=CC(=O)C(=O)c2c(OC)cccc21. The molecule has 0 radical (unpaired) electrons. The van der Waals surface area contributed by atoms with Crippen LogP contribution < -0.4 is 4.74 Å². The van der Waals surface area contributed by atoms with Gasteiger partial charge in [0.2, 0.25) is 11.6 Å². The molecule has 0 fully saturated rings. The number of carbonyl (C=O) groups is 2. The highest BCUT2D eigenvalue weighted by molar-refractivity contribution is 6.50. The minimum Gasteiger partial charge on any atom is -0.496 e. The third kappa shape index (κ3) is 1.39. The van der Waals surface area contributed by atoms with Crippen molar-refractivity contribution < 1.29 is 19.1 Å². The van der Waals surface area contributed by atoms with Gasteiger partial charge in [-0.05, 0) is 6.07 Å². The number of hydrogen-bond donors (Lipinski definition) is 0. The summed E-state index contributed by atoms with van der Waals surface area (Å²) in [5.74, 6) is -0.376. The van der Waals surface area contributed by atoms with Crippen molar-refractivity contribution in [1.82, 2.24) is 0 Å². The minimum atomic E-state index is -0.589. The molecule has 0 aliphatic heterocycles. The summed E-state index contributed by atoms with van der Waals surface area (Å²) in [6.07, 6.45) is 1.20. The van der Waals surface area contributed by atoms with Crippen molar-refractivity contribution in [2.24, 2.45) is 0 Å². The van der Waals surface area contributed by atoms with Gasteiger partial charge in [0.1, 0.15) is 11.5 Å². The van der Waals surface area contributed by atoms with E-state index in [-0.39, 0.29) is 5.56 Å². The van der Waals surface area contributed by atoms with Crippen LogP contribution in [-0.2, 0) is 9.53 Å². The second-order valence-electron chi connectivity index (χ2n) is 3.29. The summed E-state index contributed by atoms with van der Waals surface area (Å²) < 4.78 is 10.1. The molecule has 4 nitrogen and oxygen atoms in total. The average molecular weight is 218 g/mol. The molecule has 82 valence electrons. The fraction of sp³-hybridized carbons (Fsp3) is 0.167. The van der Waals surface area contributed by atoms with E-state index in [1.807, 2.05) is 0 Å². The van der Waals surface area contributed by atoms with Crippen molar-refractivity contribution in [2.75, 3.05) is 14.2 Å². The van der Waals surface area contributed by atoms with Crippen molar-refractivity contribution in [2.45, 2.75) is 0 Å². The molecular formula is C12H10O4. The second-order valence-corrected chi connectivity index (χ2v) is 3.29. The smallest absolute Gasteiger partial charge is 0.237 e. The molecule has 4 heteroatoms. The molecule has 0 saturated heterocycles. The number of methoxy groups -OCH3 is 2. The molecule has 1 aromatic rings. The third-order valence-corrected chi connectivity index (χ3v) is 2.44. The van der Waals surface area contributed by atoms with E-state index in [1.54, 1.807) is 18.2 Å². The van der Waals surface area contributed by atoms with E-state index in [2.05, 4.69) is 0 Å². The predicted octanol–water partition coefficient (Wildman–Crippen LogP) is 1.45. The Morgan fingerprint density at radius 1 is 1.06 bits per heavy atom. The Morgan fingerprint density at radius 2 is 1.81 bits per heavy atom. The van der Waals surface area contributed by atoms with Gasteiger partial charge in [-0.2, -0.15) is 0 Å². The molecule has 0 bridgehead atoms. The first-order valence-electron chi connectivity index (χ1n) is 4.70. The van der Waals surface area contributed by atoms with Crippen molar-refractivity contribution >= 4 is 17.3 Å². The molecule has 1 aliphatic carbocycles. The lowest BCUT2D eigenvalue weighted by Gasteiger charge is -2.17. The highest BCUT2D eigenvalue weighted by Crippen LogP contribution is 2.31. The molecule has 0 spiro atoms. The van der Waals surface area contributed by atoms with E-state index in [0.717, 1.165) is 0 Å². The number of rotatable bonds is 2. The number of Topliss-reactive ketones (excluding diaryl/α,β-unsaturated/α-hetero) is 1. The summed E-state index contributed by atoms with van der Waals surface area (Å²) in [5.41, 5.74) is 0.862. The van der Waals surface area contributed by atoms with Gasteiger partial charge in [-0.15, -0.1) is 0 Å². The fourth-order valence-electron chi connectivity index (χ4n) is 1.70. The van der Waals surface area contributed by atoms with Crippen LogP contribution in [0.3, 0.4) is 0 Å². The maximum absolute atomic E-state index is 11.7. The summed E-state index contributed by atoms with van der Waals surface area (Å²) in [4.78, 5) is 23.2. The Balaban J connectivity index is 2.71. The number of allylic oxidation sites excluding steroid dienone is 1. The zero-order chi connectivity index (χ0) is 11.7. The number of benzene rings is 1. The van der Waals surface area contributed by atoms with Crippen molar-refractivity contribution in [3.63, 3.8) is 0 Å². The van der Waals surface area contributed by atoms with Gasteiger partial charge in [-0.1, -0.05) is 12.1 Å². The molecule has 1 aliphatic rings. The normalized spacial score (nSPS) is 14.2. The van der Waals surface area contributed by atoms with Gasteiger partial charge in [0.05, 0.1) is 19.8 Å². The number of hydrogen-bond acceptors (Lipinski definition) is 4. The van der Waals surface area contributed by atoms with Crippen LogP contribution >= 0.6 is 0 Å². The molecule has 0 aromatic heterocycles. The summed E-state index contributed by atoms with van der Waals surface area (Å²) in [7, 11) is 2.91. The monoisotopic (exact) mass is 218 g/mol. The van der Waals surface area contributed by atoms with Gasteiger partial charge in [0.25, 0.3) is 0 Å². The van der Waals surface area contributed by atoms with Gasteiger partial charge in [0, 0.05) is 11.6 Å². The molecule has 0 N–H and O–H groups in total. The standard InChI is InChI=1S/C12H10O4/c1-15-9-5-3-4-7-10(16-2)6-8(13)12(14)11(7)9/h3-6H,1-2H3. The van der Waals surface area contributed by atoms with Gasteiger partial charge >= 0.3 is 0 Å². The first-order valence-corrected chi connectivity index (χ1v) is 4.70. The number of fused-ring (bicyclic) bond motifs is 1. The minimum absolute atomic E-state index is 0.273. The molecule has 16 heavy (non-hydrogen) atoms. The molecule has 1 aromatic carbocycles. The number of ketones is 2. The van der Waals surface area contributed by atoms with Gasteiger partial charge in [-0.25, -0.2) is 0 Å². The highest BCUT2D eigenvalue weighted by atomic mass is 16.5. The first kappa shape index (κ1) is 10.4. The maximum Gasteiger partial charge on any atom is 0.237 e. The molecule has 0 saturated carbocycles. The largest absolute Gasteiger partial charge is 0.496 e. The maximum atomic E-state index is 11.7. The lowest BCUT2D eigenvalue weighted by atomic mass is 9.93. The lowest BCUT2D eigenvalue weighted by Crippen LogP contribution is -2.20. The van der Waals surface area contributed by atoms with E-state index in [4.69, 9.17) is 9.47 Å². The Kier molecular flexibility index (Phi) is 2.48. The van der Waals surface area contributed by atoms with Crippen LogP contribution in [0, 0.1) is 0 Å². The quantitative estimate of drug-likeness (QED) is 0.705.